The van der Waals surface area contributed by atoms with Gasteiger partial charge in [0.05, 0.1) is 5.41 Å². The molecule has 5 rings (SSSR count). The first kappa shape index (κ1) is 22.3. The molecular formula is C32H32O2. The zero-order chi connectivity index (χ0) is 24.0. The minimum absolute atomic E-state index is 0.192. The van der Waals surface area contributed by atoms with E-state index in [2.05, 4.69) is 100 Å². The molecule has 0 radical (unpaired) electrons. The molecule has 172 valence electrons. The predicted molar refractivity (Wildman–Crippen MR) is 139 cm³/mol. The van der Waals surface area contributed by atoms with Gasteiger partial charge >= 0.3 is 0 Å². The molecule has 2 N–H and O–H groups in total. The van der Waals surface area contributed by atoms with E-state index < -0.39 is 5.41 Å². The zero-order valence-corrected chi connectivity index (χ0v) is 20.3. The van der Waals surface area contributed by atoms with E-state index in [1.54, 1.807) is 0 Å². The van der Waals surface area contributed by atoms with Crippen molar-refractivity contribution in [3.8, 4) is 11.5 Å². The lowest BCUT2D eigenvalue weighted by molar-refractivity contribution is 0.463. The molecule has 0 amide bonds. The van der Waals surface area contributed by atoms with E-state index in [1.807, 2.05) is 12.1 Å². The summed E-state index contributed by atoms with van der Waals surface area (Å²) in [4.78, 5) is 0. The summed E-state index contributed by atoms with van der Waals surface area (Å²) in [5, 5.41) is 21.3. The molecule has 0 fully saturated rings. The van der Waals surface area contributed by atoms with Crippen LogP contribution in [0.4, 0.5) is 0 Å². The Morgan fingerprint density at radius 1 is 0.588 bits per heavy atom. The molecule has 2 nitrogen and oxygen atoms in total. The molecular weight excluding hydrogens is 416 g/mol. The number of hydrogen-bond acceptors (Lipinski definition) is 2. The molecule has 4 aromatic carbocycles. The zero-order valence-electron chi connectivity index (χ0n) is 20.3. The molecule has 1 aliphatic carbocycles. The highest BCUT2D eigenvalue weighted by molar-refractivity contribution is 5.68. The highest BCUT2D eigenvalue weighted by Crippen LogP contribution is 2.52. The molecule has 0 unspecified atom stereocenters. The first-order valence-corrected chi connectivity index (χ1v) is 12.2. The van der Waals surface area contributed by atoms with Crippen LogP contribution in [0, 0.1) is 0 Å². The first-order chi connectivity index (χ1) is 16.3. The van der Waals surface area contributed by atoms with Crippen molar-refractivity contribution < 1.29 is 10.2 Å². The molecule has 0 atom stereocenters. The van der Waals surface area contributed by atoms with E-state index in [9.17, 15) is 10.2 Å². The highest BCUT2D eigenvalue weighted by atomic mass is 16.3. The van der Waals surface area contributed by atoms with Gasteiger partial charge in [0.15, 0.2) is 0 Å². The summed E-state index contributed by atoms with van der Waals surface area (Å²) < 4.78 is 0. The van der Waals surface area contributed by atoms with E-state index in [1.165, 1.54) is 22.3 Å². The SMILES string of the molecule is CC(C)c1cc(C2(c3ccc(O)c(C(C)C)c3)c3ccccc3Cc3ccccc32)ccc1O. The summed E-state index contributed by atoms with van der Waals surface area (Å²) in [5.74, 6) is 1.05. The van der Waals surface area contributed by atoms with Gasteiger partial charge < -0.3 is 10.2 Å². The van der Waals surface area contributed by atoms with Gasteiger partial charge in [-0.1, -0.05) is 100 Å². The highest BCUT2D eigenvalue weighted by Gasteiger charge is 2.44. The second-order valence-corrected chi connectivity index (χ2v) is 10.1. The van der Waals surface area contributed by atoms with Crippen LogP contribution in [0.2, 0.25) is 0 Å². The molecule has 0 aliphatic heterocycles. The van der Waals surface area contributed by atoms with Crippen LogP contribution in [0.3, 0.4) is 0 Å². The lowest BCUT2D eigenvalue weighted by Crippen LogP contribution is -2.36. The van der Waals surface area contributed by atoms with Crippen LogP contribution >= 0.6 is 0 Å². The molecule has 0 aromatic heterocycles. The molecule has 0 bridgehead atoms. The Kier molecular flexibility index (Phi) is 5.48. The van der Waals surface area contributed by atoms with Gasteiger partial charge in [-0.2, -0.15) is 0 Å². The Morgan fingerprint density at radius 3 is 1.41 bits per heavy atom. The minimum Gasteiger partial charge on any atom is -0.508 e. The van der Waals surface area contributed by atoms with Crippen molar-refractivity contribution in [2.24, 2.45) is 0 Å². The standard InChI is InChI=1S/C32H32O2/c1-20(2)26-18-24(13-15-30(26)33)32(25-14-16-31(34)27(19-25)21(3)4)28-11-7-5-9-22(28)17-23-10-6-8-12-29(23)32/h5-16,18-21,33-34H,17H2,1-4H3. The first-order valence-electron chi connectivity index (χ1n) is 12.2. The second kappa shape index (κ2) is 8.36. The maximum atomic E-state index is 10.7. The lowest BCUT2D eigenvalue weighted by Gasteiger charge is -2.43. The molecule has 0 spiro atoms. The van der Waals surface area contributed by atoms with Crippen molar-refractivity contribution in [2.75, 3.05) is 0 Å². The van der Waals surface area contributed by atoms with Crippen LogP contribution in [0.1, 0.15) is 84.0 Å². The van der Waals surface area contributed by atoms with Crippen LogP contribution < -0.4 is 0 Å². The summed E-state index contributed by atoms with van der Waals surface area (Å²) in [7, 11) is 0. The Bertz CT molecular complexity index is 1260. The summed E-state index contributed by atoms with van der Waals surface area (Å²) >= 11 is 0. The van der Waals surface area contributed by atoms with Crippen LogP contribution in [-0.4, -0.2) is 10.2 Å². The van der Waals surface area contributed by atoms with Crippen LogP contribution in [0.25, 0.3) is 0 Å². The van der Waals surface area contributed by atoms with Gasteiger partial charge in [-0.3, -0.25) is 0 Å². The van der Waals surface area contributed by atoms with E-state index in [0.29, 0.717) is 11.5 Å². The fraction of sp³-hybridized carbons (Fsp3) is 0.250. The molecule has 0 saturated heterocycles. The number of hydrogen-bond donors (Lipinski definition) is 2. The average Bonchev–Trinajstić information content (AvgIpc) is 2.83. The normalized spacial score (nSPS) is 14.2. The van der Waals surface area contributed by atoms with Gasteiger partial charge in [0.1, 0.15) is 11.5 Å². The fourth-order valence-electron chi connectivity index (χ4n) is 5.72. The van der Waals surface area contributed by atoms with Crippen molar-refractivity contribution >= 4 is 0 Å². The molecule has 4 aromatic rings. The lowest BCUT2D eigenvalue weighted by atomic mass is 9.59. The number of rotatable bonds is 4. The van der Waals surface area contributed by atoms with Gasteiger partial charge in [-0.15, -0.1) is 0 Å². The number of aromatic hydroxyl groups is 2. The Balaban J connectivity index is 1.96. The monoisotopic (exact) mass is 448 g/mol. The molecule has 34 heavy (non-hydrogen) atoms. The number of benzene rings is 4. The quantitative estimate of drug-likeness (QED) is 0.297. The third-order valence-corrected chi connectivity index (χ3v) is 7.39. The van der Waals surface area contributed by atoms with E-state index in [4.69, 9.17) is 0 Å². The number of phenolic OH excluding ortho intramolecular Hbond substituents is 2. The van der Waals surface area contributed by atoms with Gasteiger partial charge in [-0.25, -0.2) is 0 Å². The molecule has 2 heteroatoms. The van der Waals surface area contributed by atoms with Gasteiger partial charge in [-0.05, 0) is 74.9 Å². The van der Waals surface area contributed by atoms with Crippen molar-refractivity contribution in [1.29, 1.82) is 0 Å². The Morgan fingerprint density at radius 2 is 1.00 bits per heavy atom. The van der Waals surface area contributed by atoms with Crippen LogP contribution in [0.5, 0.6) is 11.5 Å². The third kappa shape index (κ3) is 3.32. The summed E-state index contributed by atoms with van der Waals surface area (Å²) in [6.07, 6.45) is 0.887. The van der Waals surface area contributed by atoms with Crippen LogP contribution in [-0.2, 0) is 11.8 Å². The van der Waals surface area contributed by atoms with E-state index in [-0.39, 0.29) is 11.8 Å². The predicted octanol–water partition coefficient (Wildman–Crippen LogP) is 7.63. The number of fused-ring (bicyclic) bond motifs is 2. The minimum atomic E-state index is -0.555. The maximum Gasteiger partial charge on any atom is 0.119 e. The van der Waals surface area contributed by atoms with Gasteiger partial charge in [0.2, 0.25) is 0 Å². The van der Waals surface area contributed by atoms with Crippen molar-refractivity contribution in [2.45, 2.75) is 51.4 Å². The summed E-state index contributed by atoms with van der Waals surface area (Å²) in [5.41, 5.74) is 8.73. The van der Waals surface area contributed by atoms with Gasteiger partial charge in [0, 0.05) is 0 Å². The van der Waals surface area contributed by atoms with Crippen LogP contribution in [0.15, 0.2) is 84.9 Å². The topological polar surface area (TPSA) is 40.5 Å². The van der Waals surface area contributed by atoms with E-state index >= 15 is 0 Å². The van der Waals surface area contributed by atoms with Crippen molar-refractivity contribution in [3.05, 3.63) is 129 Å². The smallest absolute Gasteiger partial charge is 0.119 e. The van der Waals surface area contributed by atoms with E-state index in [0.717, 1.165) is 28.7 Å². The average molecular weight is 449 g/mol. The molecule has 1 aliphatic rings. The maximum absolute atomic E-state index is 10.7. The largest absolute Gasteiger partial charge is 0.508 e. The molecule has 0 saturated carbocycles. The summed E-state index contributed by atoms with van der Waals surface area (Å²) in [6.45, 7) is 8.47. The molecule has 0 heterocycles. The Labute approximate surface area is 202 Å². The fourth-order valence-corrected chi connectivity index (χ4v) is 5.72. The third-order valence-electron chi connectivity index (χ3n) is 7.39. The Hall–Kier alpha value is -3.52. The number of phenols is 2. The summed E-state index contributed by atoms with van der Waals surface area (Å²) in [6, 6.07) is 29.6. The van der Waals surface area contributed by atoms with Gasteiger partial charge in [0.25, 0.3) is 0 Å². The second-order valence-electron chi connectivity index (χ2n) is 10.1. The van der Waals surface area contributed by atoms with Crippen molar-refractivity contribution in [1.82, 2.24) is 0 Å². The van der Waals surface area contributed by atoms with Crippen molar-refractivity contribution in [3.63, 3.8) is 0 Å².